The van der Waals surface area contributed by atoms with Gasteiger partial charge in [-0.1, -0.05) is 6.07 Å². The fourth-order valence-electron chi connectivity index (χ4n) is 2.49. The molecular weight excluding hydrogens is 375 g/mol. The topological polar surface area (TPSA) is 92.8 Å². The summed E-state index contributed by atoms with van der Waals surface area (Å²) in [5.74, 6) is -1.71. The Morgan fingerprint density at radius 2 is 1.78 bits per heavy atom. The third kappa shape index (κ3) is 5.04. The summed E-state index contributed by atoms with van der Waals surface area (Å²) < 4.78 is 43.0. The minimum Gasteiger partial charge on any atom is -0.465 e. The molecule has 1 N–H and O–H groups in total. The van der Waals surface area contributed by atoms with E-state index in [1.54, 1.807) is 12.1 Å². The molecule has 0 aromatic heterocycles. The molecule has 2 rings (SSSR count). The van der Waals surface area contributed by atoms with E-state index in [9.17, 15) is 22.4 Å². The van der Waals surface area contributed by atoms with E-state index in [0.29, 0.717) is 5.69 Å². The molecule has 0 radical (unpaired) electrons. The van der Waals surface area contributed by atoms with Crippen molar-refractivity contribution in [3.05, 3.63) is 59.9 Å². The largest absolute Gasteiger partial charge is 0.465 e. The number of amides is 1. The molecule has 144 valence electrons. The molecule has 0 heterocycles. The number of sulfonamides is 1. The standard InChI is InChI=1S/C18H19FN2O5S/c1-12(21(27(3,24)25)16-9-7-14(19)8-10-16)17(22)20-15-6-4-5-13(11-15)18(23)26-2/h4-12H,1-3H3,(H,20,22)/t12-/m1/s1. The van der Waals surface area contributed by atoms with E-state index in [1.807, 2.05) is 0 Å². The molecule has 0 unspecified atom stereocenters. The zero-order valence-electron chi connectivity index (χ0n) is 15.0. The number of halogens is 1. The number of methoxy groups -OCH3 is 1. The van der Waals surface area contributed by atoms with Crippen molar-refractivity contribution in [1.82, 2.24) is 0 Å². The van der Waals surface area contributed by atoms with Gasteiger partial charge in [0.2, 0.25) is 15.9 Å². The number of anilines is 2. The Balaban J connectivity index is 2.28. The summed E-state index contributed by atoms with van der Waals surface area (Å²) >= 11 is 0. The van der Waals surface area contributed by atoms with Crippen molar-refractivity contribution in [2.75, 3.05) is 23.0 Å². The van der Waals surface area contributed by atoms with Crippen molar-refractivity contribution in [3.63, 3.8) is 0 Å². The molecule has 1 atom stereocenters. The maximum atomic E-state index is 13.1. The lowest BCUT2D eigenvalue weighted by atomic mass is 10.2. The molecule has 0 fully saturated rings. The number of hydrogen-bond acceptors (Lipinski definition) is 5. The molecular formula is C18H19FN2O5S. The van der Waals surface area contributed by atoms with Gasteiger partial charge in [0.25, 0.3) is 0 Å². The zero-order valence-corrected chi connectivity index (χ0v) is 15.8. The van der Waals surface area contributed by atoms with Crippen LogP contribution in [0.3, 0.4) is 0 Å². The summed E-state index contributed by atoms with van der Waals surface area (Å²) in [7, 11) is -2.58. The number of nitrogens with zero attached hydrogens (tertiary/aromatic N) is 1. The van der Waals surface area contributed by atoms with Crippen LogP contribution in [0.15, 0.2) is 48.5 Å². The van der Waals surface area contributed by atoms with Gasteiger partial charge in [0, 0.05) is 5.69 Å². The second-order valence-electron chi connectivity index (χ2n) is 5.77. The number of carbonyl (C=O) groups is 2. The summed E-state index contributed by atoms with van der Waals surface area (Å²) in [5.41, 5.74) is 0.702. The normalized spacial score (nSPS) is 12.1. The predicted octanol–water partition coefficient (Wildman–Crippen LogP) is 2.41. The first kappa shape index (κ1) is 20.4. The lowest BCUT2D eigenvalue weighted by molar-refractivity contribution is -0.116. The summed E-state index contributed by atoms with van der Waals surface area (Å²) in [5, 5.41) is 2.57. The lowest BCUT2D eigenvalue weighted by Crippen LogP contribution is -2.45. The van der Waals surface area contributed by atoms with Crippen LogP contribution in [0.2, 0.25) is 0 Å². The van der Waals surface area contributed by atoms with Crippen molar-refractivity contribution in [3.8, 4) is 0 Å². The third-order valence-electron chi connectivity index (χ3n) is 3.72. The maximum absolute atomic E-state index is 13.1. The maximum Gasteiger partial charge on any atom is 0.337 e. The Kier molecular flexibility index (Phi) is 6.17. The van der Waals surface area contributed by atoms with Crippen LogP contribution in [-0.4, -0.2) is 39.7 Å². The Bertz CT molecular complexity index is 944. The van der Waals surface area contributed by atoms with Crippen molar-refractivity contribution in [2.24, 2.45) is 0 Å². The molecule has 9 heteroatoms. The molecule has 0 saturated heterocycles. The van der Waals surface area contributed by atoms with E-state index in [2.05, 4.69) is 10.1 Å². The smallest absolute Gasteiger partial charge is 0.337 e. The summed E-state index contributed by atoms with van der Waals surface area (Å²) in [6.45, 7) is 1.41. The number of nitrogens with one attached hydrogen (secondary N) is 1. The van der Waals surface area contributed by atoms with Crippen molar-refractivity contribution in [1.29, 1.82) is 0 Å². The number of benzene rings is 2. The molecule has 1 amide bonds. The molecule has 0 aliphatic carbocycles. The van der Waals surface area contributed by atoms with Crippen molar-refractivity contribution >= 4 is 33.3 Å². The van der Waals surface area contributed by atoms with E-state index in [-0.39, 0.29) is 11.3 Å². The number of hydrogen-bond donors (Lipinski definition) is 1. The molecule has 0 aliphatic rings. The van der Waals surface area contributed by atoms with Crippen LogP contribution in [-0.2, 0) is 19.6 Å². The molecule has 0 aliphatic heterocycles. The van der Waals surface area contributed by atoms with Crippen LogP contribution < -0.4 is 9.62 Å². The lowest BCUT2D eigenvalue weighted by Gasteiger charge is -2.28. The van der Waals surface area contributed by atoms with Crippen LogP contribution in [0.5, 0.6) is 0 Å². The summed E-state index contributed by atoms with van der Waals surface area (Å²) in [6, 6.07) is 9.70. The fraction of sp³-hybridized carbons (Fsp3) is 0.222. The number of carbonyl (C=O) groups excluding carboxylic acids is 2. The Hall–Kier alpha value is -2.94. The van der Waals surface area contributed by atoms with Crippen molar-refractivity contribution in [2.45, 2.75) is 13.0 Å². The van der Waals surface area contributed by atoms with E-state index in [4.69, 9.17) is 0 Å². The van der Waals surface area contributed by atoms with Crippen LogP contribution in [0.25, 0.3) is 0 Å². The first-order valence-electron chi connectivity index (χ1n) is 7.87. The van der Waals surface area contributed by atoms with Crippen LogP contribution in [0, 0.1) is 5.82 Å². The molecule has 0 saturated carbocycles. The molecule has 0 bridgehead atoms. The van der Waals surface area contributed by atoms with Crippen molar-refractivity contribution < 1.29 is 27.1 Å². The SMILES string of the molecule is COC(=O)c1cccc(NC(=O)[C@@H](C)N(c2ccc(F)cc2)S(C)(=O)=O)c1. The first-order chi connectivity index (χ1) is 12.6. The van der Waals surface area contributed by atoms with Crippen LogP contribution >= 0.6 is 0 Å². The first-order valence-corrected chi connectivity index (χ1v) is 9.72. The summed E-state index contributed by atoms with van der Waals surface area (Å²) in [4.78, 5) is 24.2. The zero-order chi connectivity index (χ0) is 20.2. The highest BCUT2D eigenvalue weighted by atomic mass is 32.2. The van der Waals surface area contributed by atoms with Gasteiger partial charge < -0.3 is 10.1 Å². The van der Waals surface area contributed by atoms with Gasteiger partial charge in [0.05, 0.1) is 24.6 Å². The van der Waals surface area contributed by atoms with Gasteiger partial charge in [-0.2, -0.15) is 0 Å². The van der Waals surface area contributed by atoms with E-state index < -0.39 is 33.8 Å². The van der Waals surface area contributed by atoms with Gasteiger partial charge in [0.1, 0.15) is 11.9 Å². The van der Waals surface area contributed by atoms with Gasteiger partial charge in [-0.25, -0.2) is 17.6 Å². The van der Waals surface area contributed by atoms with E-state index in [0.717, 1.165) is 22.7 Å². The summed E-state index contributed by atoms with van der Waals surface area (Å²) in [6.07, 6.45) is 0.956. The molecule has 7 nitrogen and oxygen atoms in total. The molecule has 2 aromatic carbocycles. The third-order valence-corrected chi connectivity index (χ3v) is 4.96. The number of ether oxygens (including phenoxy) is 1. The quantitative estimate of drug-likeness (QED) is 0.760. The molecule has 27 heavy (non-hydrogen) atoms. The monoisotopic (exact) mass is 394 g/mol. The second-order valence-corrected chi connectivity index (χ2v) is 7.63. The average molecular weight is 394 g/mol. The van der Waals surface area contributed by atoms with E-state index >= 15 is 0 Å². The average Bonchev–Trinajstić information content (AvgIpc) is 2.61. The number of rotatable bonds is 6. The predicted molar refractivity (Wildman–Crippen MR) is 99.6 cm³/mol. The van der Waals surface area contributed by atoms with Gasteiger partial charge in [-0.3, -0.25) is 9.10 Å². The van der Waals surface area contributed by atoms with Crippen LogP contribution in [0.4, 0.5) is 15.8 Å². The molecule has 0 spiro atoms. The highest BCUT2D eigenvalue weighted by molar-refractivity contribution is 7.92. The van der Waals surface area contributed by atoms with Gasteiger partial charge in [-0.15, -0.1) is 0 Å². The van der Waals surface area contributed by atoms with E-state index in [1.165, 1.54) is 38.3 Å². The minimum absolute atomic E-state index is 0.157. The van der Waals surface area contributed by atoms with Gasteiger partial charge >= 0.3 is 5.97 Å². The second kappa shape index (κ2) is 8.17. The molecule has 2 aromatic rings. The van der Waals surface area contributed by atoms with Gasteiger partial charge in [-0.05, 0) is 49.4 Å². The van der Waals surface area contributed by atoms with Crippen LogP contribution in [0.1, 0.15) is 17.3 Å². The van der Waals surface area contributed by atoms with Gasteiger partial charge in [0.15, 0.2) is 0 Å². The Morgan fingerprint density at radius 1 is 1.15 bits per heavy atom. The minimum atomic E-state index is -3.82. The Morgan fingerprint density at radius 3 is 2.33 bits per heavy atom. The highest BCUT2D eigenvalue weighted by Crippen LogP contribution is 2.22. The Labute approximate surface area is 156 Å². The fourth-order valence-corrected chi connectivity index (χ4v) is 3.66. The highest BCUT2D eigenvalue weighted by Gasteiger charge is 2.29. The number of esters is 1.